The number of hydrogen-bond acceptors (Lipinski definition) is 8. The lowest BCUT2D eigenvalue weighted by Crippen LogP contribution is -2.46. The summed E-state index contributed by atoms with van der Waals surface area (Å²) in [4.78, 5) is 44.7. The standard InChI is InChI=1S/C30H33FN4O5S/c1-19(20-7-3-2-4-8-20)29(38)40-26-11-14-35(17-23(26)31)30-34-25(18-41-30)28(37)33-24-10-6-5-9-22(24)27(36)32-21-12-15-39-16-13-21/h2-10,18-19,21,23,26H,11-17H2,1H3,(H,32,36)(H,33,37)/t19?,23-,26+/m1/s1. The number of esters is 1. The number of rotatable bonds is 8. The number of para-hydroxylation sites is 1. The molecule has 0 radical (unpaired) electrons. The number of piperidine rings is 1. The summed E-state index contributed by atoms with van der Waals surface area (Å²) in [5, 5.41) is 7.92. The van der Waals surface area contributed by atoms with Gasteiger partial charge in [0.1, 0.15) is 11.8 Å². The van der Waals surface area contributed by atoms with Gasteiger partial charge in [0.15, 0.2) is 11.3 Å². The number of carbonyl (C=O) groups excluding carboxylic acids is 3. The number of carbonyl (C=O) groups is 3. The Balaban J connectivity index is 1.16. The van der Waals surface area contributed by atoms with Crippen LogP contribution in [0.5, 0.6) is 0 Å². The third-order valence-electron chi connectivity index (χ3n) is 7.37. The smallest absolute Gasteiger partial charge is 0.313 e. The number of aromatic nitrogens is 1. The second-order valence-corrected chi connectivity index (χ2v) is 11.1. The quantitative estimate of drug-likeness (QED) is 0.376. The first-order valence-electron chi connectivity index (χ1n) is 13.8. The third-order valence-corrected chi connectivity index (χ3v) is 8.28. The van der Waals surface area contributed by atoms with E-state index in [4.69, 9.17) is 9.47 Å². The van der Waals surface area contributed by atoms with Gasteiger partial charge in [-0.2, -0.15) is 0 Å². The molecule has 0 aliphatic carbocycles. The van der Waals surface area contributed by atoms with Gasteiger partial charge >= 0.3 is 5.97 Å². The van der Waals surface area contributed by atoms with Crippen LogP contribution in [0.1, 0.15) is 58.5 Å². The molecule has 0 bridgehead atoms. The zero-order valence-corrected chi connectivity index (χ0v) is 23.6. The molecule has 41 heavy (non-hydrogen) atoms. The van der Waals surface area contributed by atoms with E-state index in [0.29, 0.717) is 42.6 Å². The average Bonchev–Trinajstić information content (AvgIpc) is 3.50. The Kier molecular flexibility index (Phi) is 9.25. The molecule has 2 aromatic carbocycles. The number of amides is 2. The van der Waals surface area contributed by atoms with Crippen molar-refractivity contribution in [3.63, 3.8) is 0 Å². The van der Waals surface area contributed by atoms with Crippen LogP contribution in [0.25, 0.3) is 0 Å². The summed E-state index contributed by atoms with van der Waals surface area (Å²) in [7, 11) is 0. The highest BCUT2D eigenvalue weighted by molar-refractivity contribution is 7.14. The van der Waals surface area contributed by atoms with Crippen LogP contribution in [0.15, 0.2) is 60.0 Å². The van der Waals surface area contributed by atoms with Crippen molar-refractivity contribution in [2.45, 2.75) is 50.4 Å². The van der Waals surface area contributed by atoms with Gasteiger partial charge in [-0.1, -0.05) is 42.5 Å². The molecule has 2 saturated heterocycles. The van der Waals surface area contributed by atoms with E-state index < -0.39 is 30.1 Å². The van der Waals surface area contributed by atoms with Gasteiger partial charge in [-0.25, -0.2) is 9.37 Å². The van der Waals surface area contributed by atoms with Crippen molar-refractivity contribution in [1.29, 1.82) is 0 Å². The molecule has 2 N–H and O–H groups in total. The molecule has 3 atom stereocenters. The summed E-state index contributed by atoms with van der Waals surface area (Å²) >= 11 is 1.24. The Labute approximate surface area is 242 Å². The Bertz CT molecular complexity index is 1360. The molecular formula is C30H33FN4O5S. The van der Waals surface area contributed by atoms with E-state index in [1.807, 2.05) is 30.3 Å². The fourth-order valence-corrected chi connectivity index (χ4v) is 5.76. The van der Waals surface area contributed by atoms with Crippen LogP contribution in [-0.2, 0) is 14.3 Å². The van der Waals surface area contributed by atoms with Crippen molar-refractivity contribution >= 4 is 39.9 Å². The minimum atomic E-state index is -1.39. The summed E-state index contributed by atoms with van der Waals surface area (Å²) in [5.41, 5.74) is 1.74. The first-order valence-corrected chi connectivity index (χ1v) is 14.7. The normalized spacial score (nSPS) is 20.2. The zero-order valence-electron chi connectivity index (χ0n) is 22.8. The minimum Gasteiger partial charge on any atom is -0.459 e. The van der Waals surface area contributed by atoms with E-state index in [9.17, 15) is 14.4 Å². The number of alkyl halides is 1. The fraction of sp³-hybridized carbons (Fsp3) is 0.400. The van der Waals surface area contributed by atoms with Crippen LogP contribution in [-0.4, -0.2) is 67.4 Å². The molecule has 1 aromatic heterocycles. The lowest BCUT2D eigenvalue weighted by atomic mass is 10.0. The van der Waals surface area contributed by atoms with Crippen molar-refractivity contribution in [1.82, 2.24) is 10.3 Å². The summed E-state index contributed by atoms with van der Waals surface area (Å²) in [6, 6.07) is 16.1. The van der Waals surface area contributed by atoms with Gasteiger partial charge in [-0.3, -0.25) is 14.4 Å². The van der Waals surface area contributed by atoms with Gasteiger partial charge in [-0.05, 0) is 37.5 Å². The molecule has 0 spiro atoms. The highest BCUT2D eigenvalue weighted by atomic mass is 32.1. The second-order valence-electron chi connectivity index (χ2n) is 10.2. The van der Waals surface area contributed by atoms with E-state index in [1.54, 1.807) is 41.5 Å². The minimum absolute atomic E-state index is 0.00144. The number of nitrogens with zero attached hydrogens (tertiary/aromatic N) is 2. The number of ether oxygens (including phenoxy) is 2. The fourth-order valence-electron chi connectivity index (χ4n) is 4.91. The number of nitrogens with one attached hydrogen (secondary N) is 2. The molecule has 3 heterocycles. The Hall–Kier alpha value is -3.83. The molecule has 216 valence electrons. The average molecular weight is 581 g/mol. The maximum absolute atomic E-state index is 15.1. The van der Waals surface area contributed by atoms with Crippen molar-refractivity contribution < 1.29 is 28.2 Å². The molecule has 2 aliphatic heterocycles. The second kappa shape index (κ2) is 13.2. The number of anilines is 2. The maximum atomic E-state index is 15.1. The van der Waals surface area contributed by atoms with E-state index in [0.717, 1.165) is 18.4 Å². The zero-order chi connectivity index (χ0) is 28.8. The van der Waals surface area contributed by atoms with Crippen molar-refractivity contribution in [3.05, 3.63) is 76.8 Å². The van der Waals surface area contributed by atoms with Crippen LogP contribution in [0.4, 0.5) is 15.2 Å². The van der Waals surface area contributed by atoms with Gasteiger partial charge in [0.05, 0.1) is 23.7 Å². The molecule has 3 aromatic rings. The largest absolute Gasteiger partial charge is 0.459 e. The Morgan fingerprint density at radius 3 is 2.54 bits per heavy atom. The molecule has 9 nitrogen and oxygen atoms in total. The summed E-state index contributed by atoms with van der Waals surface area (Å²) in [6.45, 7) is 3.40. The van der Waals surface area contributed by atoms with Crippen molar-refractivity contribution in [2.24, 2.45) is 0 Å². The van der Waals surface area contributed by atoms with Gasteiger partial charge in [0.25, 0.3) is 11.8 Å². The molecule has 2 aliphatic rings. The first-order chi connectivity index (χ1) is 19.9. The van der Waals surface area contributed by atoms with E-state index in [2.05, 4.69) is 15.6 Å². The number of halogens is 1. The van der Waals surface area contributed by atoms with Gasteiger partial charge in [0, 0.05) is 37.6 Å². The van der Waals surface area contributed by atoms with Gasteiger partial charge < -0.3 is 25.0 Å². The molecule has 0 saturated carbocycles. The van der Waals surface area contributed by atoms with Crippen molar-refractivity contribution in [2.75, 3.05) is 36.5 Å². The Morgan fingerprint density at radius 1 is 1.05 bits per heavy atom. The predicted molar refractivity (Wildman–Crippen MR) is 154 cm³/mol. The van der Waals surface area contributed by atoms with E-state index in [1.165, 1.54) is 11.3 Å². The van der Waals surface area contributed by atoms with Crippen LogP contribution in [0.2, 0.25) is 0 Å². The van der Waals surface area contributed by atoms with Crippen molar-refractivity contribution in [3.8, 4) is 0 Å². The Morgan fingerprint density at radius 2 is 1.78 bits per heavy atom. The highest BCUT2D eigenvalue weighted by Gasteiger charge is 2.34. The SMILES string of the molecule is CC(C(=O)O[C@H]1CCN(c2nc(C(=O)Nc3ccccc3C(=O)NC3CCOCC3)cs2)C[C@H]1F)c1ccccc1. The van der Waals surface area contributed by atoms with Gasteiger partial charge in [-0.15, -0.1) is 11.3 Å². The predicted octanol–water partition coefficient (Wildman–Crippen LogP) is 4.57. The lowest BCUT2D eigenvalue weighted by Gasteiger charge is -2.34. The third kappa shape index (κ3) is 7.09. The number of thiazole rings is 1. The summed E-state index contributed by atoms with van der Waals surface area (Å²) in [5.74, 6) is -1.66. The summed E-state index contributed by atoms with van der Waals surface area (Å²) < 4.78 is 26.0. The molecular weight excluding hydrogens is 547 g/mol. The van der Waals surface area contributed by atoms with Crippen LogP contribution in [0, 0.1) is 0 Å². The van der Waals surface area contributed by atoms with E-state index in [-0.39, 0.29) is 24.2 Å². The van der Waals surface area contributed by atoms with Crippen LogP contribution in [0.3, 0.4) is 0 Å². The molecule has 2 fully saturated rings. The molecule has 2 amide bonds. The first kappa shape index (κ1) is 28.7. The molecule has 1 unspecified atom stereocenters. The topological polar surface area (TPSA) is 110 Å². The molecule has 11 heteroatoms. The van der Waals surface area contributed by atoms with Crippen LogP contribution >= 0.6 is 11.3 Å². The molecule has 5 rings (SSSR count). The van der Waals surface area contributed by atoms with Crippen LogP contribution < -0.4 is 15.5 Å². The summed E-state index contributed by atoms with van der Waals surface area (Å²) in [6.07, 6.45) is -0.428. The van der Waals surface area contributed by atoms with E-state index >= 15 is 4.39 Å². The number of hydrogen-bond donors (Lipinski definition) is 2. The monoisotopic (exact) mass is 580 g/mol. The lowest BCUT2D eigenvalue weighted by molar-refractivity contribution is -0.154. The van der Waals surface area contributed by atoms with Gasteiger partial charge in [0.2, 0.25) is 0 Å². The maximum Gasteiger partial charge on any atom is 0.313 e. The highest BCUT2D eigenvalue weighted by Crippen LogP contribution is 2.28. The number of benzene rings is 2.